The third-order valence-electron chi connectivity index (χ3n) is 0.750. The van der Waals surface area contributed by atoms with Crippen LogP contribution in [0, 0.1) is 0 Å². The minimum absolute atomic E-state index is 0.249. The highest BCUT2D eigenvalue weighted by Gasteiger charge is 1.91. The largest absolute Gasteiger partial charge is 0.461 e. The molecule has 0 fully saturated rings. The maximum absolute atomic E-state index is 10.2. The first kappa shape index (κ1) is 7.95. The van der Waals surface area contributed by atoms with Crippen molar-refractivity contribution in [2.24, 2.45) is 0 Å². The van der Waals surface area contributed by atoms with E-state index in [4.69, 9.17) is 0 Å². The monoisotopic (exact) mass is 126 g/mol. The number of ether oxygens (including phenoxy) is 1. The summed E-state index contributed by atoms with van der Waals surface area (Å²) in [5, 5.41) is 0. The van der Waals surface area contributed by atoms with Crippen LogP contribution in [-0.2, 0) is 9.53 Å². The van der Waals surface area contributed by atoms with Gasteiger partial charge in [0.25, 0.3) is 0 Å². The van der Waals surface area contributed by atoms with Crippen LogP contribution in [0.3, 0.4) is 0 Å². The molecule has 0 unspecified atom stereocenters. The number of hydrogen-bond donors (Lipinski definition) is 0. The minimum atomic E-state index is -0.294. The van der Waals surface area contributed by atoms with Crippen LogP contribution in [0.25, 0.3) is 0 Å². The summed E-state index contributed by atoms with van der Waals surface area (Å²) < 4.78 is 4.58. The summed E-state index contributed by atoms with van der Waals surface area (Å²) in [6, 6.07) is 0. The molecule has 9 heavy (non-hydrogen) atoms. The summed E-state index contributed by atoms with van der Waals surface area (Å²) >= 11 is 0. The Morgan fingerprint density at radius 1 is 1.78 bits per heavy atom. The van der Waals surface area contributed by atoms with E-state index in [1.54, 1.807) is 6.08 Å². The van der Waals surface area contributed by atoms with Gasteiger partial charge in [-0.3, -0.25) is 4.79 Å². The maximum Gasteiger partial charge on any atom is 0.302 e. The molecule has 0 aliphatic rings. The Bertz CT molecular complexity index is 136. The minimum Gasteiger partial charge on any atom is -0.461 e. The van der Waals surface area contributed by atoms with Gasteiger partial charge in [-0.15, -0.1) is 0 Å². The molecule has 0 N–H and O–H groups in total. The lowest BCUT2D eigenvalue weighted by atomic mass is 10.3. The summed E-state index contributed by atoms with van der Waals surface area (Å²) in [5.41, 5.74) is 0.713. The Hall–Kier alpha value is -1.05. The number of esters is 1. The van der Waals surface area contributed by atoms with Crippen molar-refractivity contribution in [3.05, 3.63) is 24.8 Å². The molecule has 0 bridgehead atoms. The van der Waals surface area contributed by atoms with Gasteiger partial charge in [0.2, 0.25) is 0 Å². The average molecular weight is 126 g/mol. The van der Waals surface area contributed by atoms with Gasteiger partial charge in [-0.25, -0.2) is 0 Å². The fraction of sp³-hybridized carbons (Fsp3) is 0.286. The standard InChI is InChI=1S/C7H10O2/c1-4-6(2)5-9-7(3)8/h4H,1-2,5H2,3H3. The van der Waals surface area contributed by atoms with E-state index in [2.05, 4.69) is 17.9 Å². The molecule has 0 heterocycles. The zero-order valence-electron chi connectivity index (χ0n) is 5.52. The van der Waals surface area contributed by atoms with Crippen molar-refractivity contribution >= 4 is 5.97 Å². The lowest BCUT2D eigenvalue weighted by Gasteiger charge is -1.98. The van der Waals surface area contributed by atoms with Crippen molar-refractivity contribution in [1.82, 2.24) is 0 Å². The summed E-state index contributed by atoms with van der Waals surface area (Å²) in [6.07, 6.45) is 1.56. The Balaban J connectivity index is 3.39. The second-order valence-electron chi connectivity index (χ2n) is 1.64. The van der Waals surface area contributed by atoms with Gasteiger partial charge >= 0.3 is 5.97 Å². The van der Waals surface area contributed by atoms with Crippen LogP contribution >= 0.6 is 0 Å². The molecular formula is C7H10O2. The Morgan fingerprint density at radius 3 is 2.67 bits per heavy atom. The van der Waals surface area contributed by atoms with Crippen molar-refractivity contribution in [1.29, 1.82) is 0 Å². The van der Waals surface area contributed by atoms with Gasteiger partial charge < -0.3 is 4.74 Å². The Labute approximate surface area is 54.8 Å². The molecule has 0 atom stereocenters. The molecule has 0 amide bonds. The molecule has 0 aliphatic carbocycles. The second-order valence-corrected chi connectivity index (χ2v) is 1.64. The molecule has 0 saturated carbocycles. The zero-order chi connectivity index (χ0) is 7.28. The fourth-order valence-corrected chi connectivity index (χ4v) is 0.253. The molecule has 0 rings (SSSR count). The number of carbonyl (C=O) groups excluding carboxylic acids is 1. The van der Waals surface area contributed by atoms with Crippen molar-refractivity contribution in [3.8, 4) is 0 Å². The lowest BCUT2D eigenvalue weighted by Crippen LogP contribution is -2.00. The van der Waals surface area contributed by atoms with E-state index in [1.807, 2.05) is 0 Å². The van der Waals surface area contributed by atoms with E-state index in [0.717, 1.165) is 0 Å². The van der Waals surface area contributed by atoms with Gasteiger partial charge in [0.05, 0.1) is 0 Å². The van der Waals surface area contributed by atoms with Crippen LogP contribution < -0.4 is 0 Å². The van der Waals surface area contributed by atoms with E-state index in [9.17, 15) is 4.79 Å². The van der Waals surface area contributed by atoms with Crippen LogP contribution in [-0.4, -0.2) is 12.6 Å². The van der Waals surface area contributed by atoms with E-state index >= 15 is 0 Å². The van der Waals surface area contributed by atoms with Crippen LogP contribution in [0.2, 0.25) is 0 Å². The molecule has 50 valence electrons. The van der Waals surface area contributed by atoms with Gasteiger partial charge in [-0.2, -0.15) is 0 Å². The number of hydrogen-bond acceptors (Lipinski definition) is 2. The van der Waals surface area contributed by atoms with Gasteiger partial charge in [0, 0.05) is 6.92 Å². The summed E-state index contributed by atoms with van der Waals surface area (Å²) in [4.78, 5) is 10.2. The SMILES string of the molecule is C=CC(=C)COC(C)=O. The molecule has 0 spiro atoms. The van der Waals surface area contributed by atoms with Gasteiger partial charge in [0.1, 0.15) is 6.61 Å². The van der Waals surface area contributed by atoms with Crippen molar-refractivity contribution in [2.45, 2.75) is 6.92 Å². The quantitative estimate of drug-likeness (QED) is 0.420. The zero-order valence-corrected chi connectivity index (χ0v) is 5.52. The Morgan fingerprint density at radius 2 is 2.33 bits per heavy atom. The van der Waals surface area contributed by atoms with Gasteiger partial charge in [-0.05, 0) is 5.57 Å². The van der Waals surface area contributed by atoms with Crippen LogP contribution in [0.1, 0.15) is 6.92 Å². The molecule has 0 radical (unpaired) electrons. The molecule has 0 aromatic heterocycles. The van der Waals surface area contributed by atoms with Crippen LogP contribution in [0.4, 0.5) is 0 Å². The van der Waals surface area contributed by atoms with E-state index in [-0.39, 0.29) is 12.6 Å². The number of rotatable bonds is 3. The highest BCUT2D eigenvalue weighted by molar-refractivity contribution is 5.66. The molecule has 0 aliphatic heterocycles. The van der Waals surface area contributed by atoms with Gasteiger partial charge in [-0.1, -0.05) is 19.2 Å². The maximum atomic E-state index is 10.2. The van der Waals surface area contributed by atoms with Crippen molar-refractivity contribution in [2.75, 3.05) is 6.61 Å². The molecule has 2 nitrogen and oxygen atoms in total. The first-order valence-corrected chi connectivity index (χ1v) is 2.60. The lowest BCUT2D eigenvalue weighted by molar-refractivity contribution is -0.139. The second kappa shape index (κ2) is 3.89. The van der Waals surface area contributed by atoms with E-state index < -0.39 is 0 Å². The van der Waals surface area contributed by atoms with E-state index in [0.29, 0.717) is 5.57 Å². The molecule has 2 heteroatoms. The average Bonchev–Trinajstić information content (AvgIpc) is 1.83. The third kappa shape index (κ3) is 4.81. The van der Waals surface area contributed by atoms with E-state index in [1.165, 1.54) is 6.92 Å². The Kier molecular flexibility index (Phi) is 3.44. The smallest absolute Gasteiger partial charge is 0.302 e. The normalized spacial score (nSPS) is 8.11. The summed E-state index contributed by atoms with van der Waals surface area (Å²) in [7, 11) is 0. The molecule has 0 aromatic rings. The fourth-order valence-electron chi connectivity index (χ4n) is 0.253. The summed E-state index contributed by atoms with van der Waals surface area (Å²) in [6.45, 7) is 8.60. The topological polar surface area (TPSA) is 26.3 Å². The van der Waals surface area contributed by atoms with Crippen molar-refractivity contribution < 1.29 is 9.53 Å². The third-order valence-corrected chi connectivity index (χ3v) is 0.750. The van der Waals surface area contributed by atoms with Crippen LogP contribution in [0.5, 0.6) is 0 Å². The first-order valence-electron chi connectivity index (χ1n) is 2.60. The number of carbonyl (C=O) groups is 1. The predicted molar refractivity (Wildman–Crippen MR) is 36.0 cm³/mol. The molecule has 0 aromatic carbocycles. The van der Waals surface area contributed by atoms with Crippen LogP contribution in [0.15, 0.2) is 24.8 Å². The highest BCUT2D eigenvalue weighted by Crippen LogP contribution is 1.90. The summed E-state index contributed by atoms with van der Waals surface area (Å²) in [5.74, 6) is -0.294. The molecular weight excluding hydrogens is 116 g/mol. The predicted octanol–water partition coefficient (Wildman–Crippen LogP) is 1.29. The molecule has 0 saturated heterocycles. The van der Waals surface area contributed by atoms with Gasteiger partial charge in [0.15, 0.2) is 0 Å². The highest BCUT2D eigenvalue weighted by atomic mass is 16.5. The first-order chi connectivity index (χ1) is 4.16. The van der Waals surface area contributed by atoms with Crippen molar-refractivity contribution in [3.63, 3.8) is 0 Å².